The molecule has 146 valence electrons. The van der Waals surface area contributed by atoms with Crippen molar-refractivity contribution in [3.8, 4) is 5.75 Å². The van der Waals surface area contributed by atoms with E-state index in [1.54, 1.807) is 31.2 Å². The van der Waals surface area contributed by atoms with Crippen molar-refractivity contribution in [1.82, 2.24) is 5.32 Å². The molecule has 0 fully saturated rings. The molecular formula is C18H20ClF2N3O3. The lowest BCUT2D eigenvalue weighted by atomic mass is 10.1. The van der Waals surface area contributed by atoms with E-state index in [4.69, 9.17) is 15.9 Å². The number of aromatic hydroxyl groups is 1. The summed E-state index contributed by atoms with van der Waals surface area (Å²) in [6, 6.07) is 8.05. The largest absolute Gasteiger partial charge is 0.508 e. The van der Waals surface area contributed by atoms with Crippen LogP contribution in [0, 0.1) is 17.0 Å². The average Bonchev–Trinajstić information content (AvgIpc) is 2.58. The van der Waals surface area contributed by atoms with Crippen molar-refractivity contribution in [1.29, 1.82) is 5.41 Å². The second kappa shape index (κ2) is 9.84. The van der Waals surface area contributed by atoms with Crippen molar-refractivity contribution in [3.63, 3.8) is 0 Å². The predicted octanol–water partition coefficient (Wildman–Crippen LogP) is 2.77. The zero-order valence-electron chi connectivity index (χ0n) is 14.5. The molecule has 0 heterocycles. The normalized spacial score (nSPS) is 11.4. The van der Waals surface area contributed by atoms with E-state index in [0.29, 0.717) is 11.1 Å². The summed E-state index contributed by atoms with van der Waals surface area (Å²) >= 11 is 0. The Bertz CT molecular complexity index is 793. The van der Waals surface area contributed by atoms with Crippen LogP contribution in [0.2, 0.25) is 0 Å². The van der Waals surface area contributed by atoms with Crippen molar-refractivity contribution in [3.05, 3.63) is 64.7 Å². The molecule has 0 saturated carbocycles. The van der Waals surface area contributed by atoms with Gasteiger partial charge in [0, 0.05) is 30.8 Å². The number of amides is 1. The summed E-state index contributed by atoms with van der Waals surface area (Å²) in [6.45, 7) is 1.75. The van der Waals surface area contributed by atoms with Crippen LogP contribution in [0.25, 0.3) is 0 Å². The molecule has 0 aliphatic rings. The van der Waals surface area contributed by atoms with E-state index in [1.165, 1.54) is 0 Å². The van der Waals surface area contributed by atoms with E-state index in [9.17, 15) is 18.7 Å². The van der Waals surface area contributed by atoms with Gasteiger partial charge in [-0.2, -0.15) is 0 Å². The van der Waals surface area contributed by atoms with Gasteiger partial charge < -0.3 is 20.9 Å². The third-order valence-corrected chi connectivity index (χ3v) is 3.63. The van der Waals surface area contributed by atoms with Gasteiger partial charge in [-0.25, -0.2) is 8.78 Å². The quantitative estimate of drug-likeness (QED) is 0.424. The van der Waals surface area contributed by atoms with E-state index < -0.39 is 35.0 Å². The van der Waals surface area contributed by atoms with Gasteiger partial charge in [0.1, 0.15) is 23.2 Å². The predicted molar refractivity (Wildman–Crippen MR) is 98.9 cm³/mol. The van der Waals surface area contributed by atoms with Gasteiger partial charge in [-0.1, -0.05) is 24.3 Å². The molecule has 0 aliphatic carbocycles. The summed E-state index contributed by atoms with van der Waals surface area (Å²) in [5.41, 5.74) is 6.06. The van der Waals surface area contributed by atoms with Crippen molar-refractivity contribution in [2.75, 3.05) is 6.61 Å². The molecule has 1 amide bonds. The third-order valence-electron chi connectivity index (χ3n) is 3.63. The summed E-state index contributed by atoms with van der Waals surface area (Å²) in [5, 5.41) is 19.1. The number of carbonyl (C=O) groups is 1. The minimum atomic E-state index is -1.49. The molecule has 9 heteroatoms. The lowest BCUT2D eigenvalue weighted by molar-refractivity contribution is -0.133. The molecule has 2 aromatic carbocycles. The molecule has 0 aliphatic heterocycles. The molecule has 2 aromatic rings. The summed E-state index contributed by atoms with van der Waals surface area (Å²) in [7, 11) is 0. The standard InChI is InChI=1S/C18H19F2N3O3.ClH/c1-2-26-16(15-13(19)7-12(24)8-14(15)20)18(25)23-9-10-3-5-11(6-4-10)17(21)22;/h3-8,16,24H,2,9H2,1H3,(H3,21,22)(H,23,25);1H. The van der Waals surface area contributed by atoms with Gasteiger partial charge in [-0.3, -0.25) is 10.2 Å². The Labute approximate surface area is 161 Å². The Morgan fingerprint density at radius 2 is 1.81 bits per heavy atom. The van der Waals surface area contributed by atoms with Gasteiger partial charge in [0.25, 0.3) is 5.91 Å². The number of phenolic OH excluding ortho intramolecular Hbond substituents is 1. The Morgan fingerprint density at radius 1 is 1.26 bits per heavy atom. The highest BCUT2D eigenvalue weighted by molar-refractivity contribution is 5.94. The zero-order valence-corrected chi connectivity index (χ0v) is 15.3. The van der Waals surface area contributed by atoms with Crippen LogP contribution >= 0.6 is 12.4 Å². The molecule has 0 spiro atoms. The van der Waals surface area contributed by atoms with E-state index in [0.717, 1.165) is 12.1 Å². The average molecular weight is 400 g/mol. The first-order chi connectivity index (χ1) is 12.3. The molecule has 6 nitrogen and oxygen atoms in total. The number of carbonyl (C=O) groups excluding carboxylic acids is 1. The van der Waals surface area contributed by atoms with Crippen molar-refractivity contribution in [2.45, 2.75) is 19.6 Å². The molecule has 2 rings (SSSR count). The smallest absolute Gasteiger partial charge is 0.254 e. The first-order valence-electron chi connectivity index (χ1n) is 7.84. The molecule has 0 radical (unpaired) electrons. The highest BCUT2D eigenvalue weighted by Crippen LogP contribution is 2.27. The van der Waals surface area contributed by atoms with Gasteiger partial charge in [0.05, 0.1) is 5.56 Å². The zero-order chi connectivity index (χ0) is 19.3. The van der Waals surface area contributed by atoms with Gasteiger partial charge in [0.15, 0.2) is 6.10 Å². The van der Waals surface area contributed by atoms with E-state index >= 15 is 0 Å². The number of nitrogen functional groups attached to an aromatic ring is 1. The van der Waals surface area contributed by atoms with Crippen LogP contribution in [-0.4, -0.2) is 23.5 Å². The monoisotopic (exact) mass is 399 g/mol. The third kappa shape index (κ3) is 5.63. The molecule has 1 unspecified atom stereocenters. The number of nitrogens with one attached hydrogen (secondary N) is 2. The Morgan fingerprint density at radius 3 is 2.30 bits per heavy atom. The van der Waals surface area contributed by atoms with Crippen molar-refractivity contribution >= 4 is 24.1 Å². The van der Waals surface area contributed by atoms with E-state index in [-0.39, 0.29) is 31.4 Å². The van der Waals surface area contributed by atoms with Crippen LogP contribution in [0.4, 0.5) is 8.78 Å². The van der Waals surface area contributed by atoms with Crippen molar-refractivity contribution in [2.24, 2.45) is 5.73 Å². The number of hydrogen-bond donors (Lipinski definition) is 4. The topological polar surface area (TPSA) is 108 Å². The molecule has 0 bridgehead atoms. The summed E-state index contributed by atoms with van der Waals surface area (Å²) in [5.74, 6) is -3.50. The fraction of sp³-hybridized carbons (Fsp3) is 0.222. The summed E-state index contributed by atoms with van der Waals surface area (Å²) in [4.78, 5) is 12.4. The lowest BCUT2D eigenvalue weighted by Gasteiger charge is -2.18. The van der Waals surface area contributed by atoms with Crippen LogP contribution in [-0.2, 0) is 16.1 Å². The van der Waals surface area contributed by atoms with Gasteiger partial charge in [-0.05, 0) is 12.5 Å². The molecule has 0 aromatic heterocycles. The maximum absolute atomic E-state index is 14.0. The Kier molecular flexibility index (Phi) is 8.14. The Hall–Kier alpha value is -2.71. The molecule has 5 N–H and O–H groups in total. The fourth-order valence-corrected chi connectivity index (χ4v) is 2.36. The van der Waals surface area contributed by atoms with Crippen LogP contribution in [0.3, 0.4) is 0 Å². The molecule has 1 atom stereocenters. The number of halogens is 3. The molecular weight excluding hydrogens is 380 g/mol. The van der Waals surface area contributed by atoms with Gasteiger partial charge in [-0.15, -0.1) is 12.4 Å². The second-order valence-corrected chi connectivity index (χ2v) is 5.49. The Balaban J connectivity index is 0.00000364. The summed E-state index contributed by atoms with van der Waals surface area (Å²) < 4.78 is 33.3. The number of amidine groups is 1. The maximum Gasteiger partial charge on any atom is 0.254 e. The van der Waals surface area contributed by atoms with Crippen LogP contribution in [0.5, 0.6) is 5.75 Å². The minimum absolute atomic E-state index is 0. The first kappa shape index (κ1) is 22.3. The number of ether oxygens (including phenoxy) is 1. The highest BCUT2D eigenvalue weighted by Gasteiger charge is 2.28. The number of benzene rings is 2. The van der Waals surface area contributed by atoms with E-state index in [2.05, 4.69) is 5.32 Å². The SMILES string of the molecule is CCOC(C(=O)NCc1ccc(C(=N)N)cc1)c1c(F)cc(O)cc1F.Cl. The van der Waals surface area contributed by atoms with Crippen LogP contribution < -0.4 is 11.1 Å². The maximum atomic E-state index is 14.0. The fourth-order valence-electron chi connectivity index (χ4n) is 2.36. The van der Waals surface area contributed by atoms with Gasteiger partial charge >= 0.3 is 0 Å². The number of rotatable bonds is 7. The number of phenols is 1. The first-order valence-corrected chi connectivity index (χ1v) is 7.84. The van der Waals surface area contributed by atoms with E-state index in [1.807, 2.05) is 0 Å². The van der Waals surface area contributed by atoms with Crippen molar-refractivity contribution < 1.29 is 23.4 Å². The van der Waals surface area contributed by atoms with Crippen LogP contribution in [0.15, 0.2) is 36.4 Å². The molecule has 27 heavy (non-hydrogen) atoms. The number of nitrogens with two attached hydrogens (primary N) is 1. The van der Waals surface area contributed by atoms with Gasteiger partial charge in [0.2, 0.25) is 0 Å². The summed E-state index contributed by atoms with van der Waals surface area (Å²) in [6.07, 6.45) is -1.49. The second-order valence-electron chi connectivity index (χ2n) is 5.49. The minimum Gasteiger partial charge on any atom is -0.508 e. The number of hydrogen-bond acceptors (Lipinski definition) is 4. The highest BCUT2D eigenvalue weighted by atomic mass is 35.5. The lowest BCUT2D eigenvalue weighted by Crippen LogP contribution is -2.31. The molecule has 0 saturated heterocycles. The van der Waals surface area contributed by atoms with Crippen LogP contribution in [0.1, 0.15) is 29.7 Å².